The molecule has 0 bridgehead atoms. The number of hydrogen-bond donors (Lipinski definition) is 2. The van der Waals surface area contributed by atoms with Crippen molar-refractivity contribution in [3.63, 3.8) is 0 Å². The van der Waals surface area contributed by atoms with Crippen LogP contribution in [-0.4, -0.2) is 55.7 Å². The van der Waals surface area contributed by atoms with Crippen molar-refractivity contribution < 1.29 is 4.74 Å². The van der Waals surface area contributed by atoms with Gasteiger partial charge in [-0.2, -0.15) is 0 Å². The smallest absolute Gasteiger partial charge is 0.191 e. The van der Waals surface area contributed by atoms with Crippen molar-refractivity contribution >= 4 is 28.6 Å². The van der Waals surface area contributed by atoms with Gasteiger partial charge < -0.3 is 15.4 Å². The minimum absolute atomic E-state index is 0.338. The minimum Gasteiger partial charge on any atom is -0.379 e. The quantitative estimate of drug-likeness (QED) is 0.595. The zero-order valence-corrected chi connectivity index (χ0v) is 16.3. The first-order valence-electron chi connectivity index (χ1n) is 8.47. The Morgan fingerprint density at radius 2 is 2.24 bits per heavy atom. The number of nitrogens with one attached hydrogen (secondary N) is 2. The van der Waals surface area contributed by atoms with Gasteiger partial charge in [0.1, 0.15) is 5.01 Å². The molecule has 0 aliphatic carbocycles. The molecule has 1 saturated heterocycles. The summed E-state index contributed by atoms with van der Waals surface area (Å²) in [5.41, 5.74) is 0. The third-order valence-corrected chi connectivity index (χ3v) is 6.01. The van der Waals surface area contributed by atoms with Gasteiger partial charge in [0.15, 0.2) is 5.96 Å². The number of aromatic nitrogens is 1. The fourth-order valence-electron chi connectivity index (χ4n) is 2.84. The lowest BCUT2D eigenvalue weighted by atomic mass is 10.2. The van der Waals surface area contributed by atoms with Gasteiger partial charge in [0, 0.05) is 42.6 Å². The van der Waals surface area contributed by atoms with Crippen molar-refractivity contribution in [1.82, 2.24) is 20.5 Å². The van der Waals surface area contributed by atoms with E-state index in [-0.39, 0.29) is 0 Å². The van der Waals surface area contributed by atoms with Crippen molar-refractivity contribution in [2.24, 2.45) is 4.99 Å². The Labute approximate surface area is 157 Å². The van der Waals surface area contributed by atoms with E-state index in [1.807, 2.05) is 6.20 Å². The maximum atomic E-state index is 5.50. The van der Waals surface area contributed by atoms with E-state index in [0.717, 1.165) is 43.8 Å². The lowest BCUT2D eigenvalue weighted by Crippen LogP contribution is -2.46. The molecular formula is C17H25N5OS2. The molecule has 0 spiro atoms. The Morgan fingerprint density at radius 1 is 1.40 bits per heavy atom. The van der Waals surface area contributed by atoms with Crippen molar-refractivity contribution in [2.45, 2.75) is 19.5 Å². The van der Waals surface area contributed by atoms with E-state index >= 15 is 0 Å². The SMILES string of the molecule is CN=C(NCc1ncc(C)s1)NCC(c1cccs1)N1CCOCC1. The second-order valence-electron chi connectivity index (χ2n) is 5.85. The summed E-state index contributed by atoms with van der Waals surface area (Å²) in [5, 5.41) is 10.0. The van der Waals surface area contributed by atoms with Crippen LogP contribution in [0.1, 0.15) is 20.8 Å². The van der Waals surface area contributed by atoms with Gasteiger partial charge in [-0.3, -0.25) is 9.89 Å². The summed E-state index contributed by atoms with van der Waals surface area (Å²) < 4.78 is 5.50. The molecule has 6 nitrogen and oxygen atoms in total. The zero-order valence-electron chi connectivity index (χ0n) is 14.7. The largest absolute Gasteiger partial charge is 0.379 e. The molecule has 25 heavy (non-hydrogen) atoms. The molecule has 3 heterocycles. The van der Waals surface area contributed by atoms with Crippen LogP contribution in [0, 0.1) is 6.92 Å². The van der Waals surface area contributed by atoms with E-state index in [9.17, 15) is 0 Å². The molecular weight excluding hydrogens is 354 g/mol. The molecule has 2 aromatic heterocycles. The van der Waals surface area contributed by atoms with E-state index < -0.39 is 0 Å². The highest BCUT2D eigenvalue weighted by molar-refractivity contribution is 7.11. The second-order valence-corrected chi connectivity index (χ2v) is 8.15. The maximum absolute atomic E-state index is 5.50. The van der Waals surface area contributed by atoms with Crippen molar-refractivity contribution in [2.75, 3.05) is 39.9 Å². The molecule has 1 aliphatic rings. The number of nitrogens with zero attached hydrogens (tertiary/aromatic N) is 3. The van der Waals surface area contributed by atoms with Crippen LogP contribution in [0.3, 0.4) is 0 Å². The number of aryl methyl sites for hydroxylation is 1. The van der Waals surface area contributed by atoms with Gasteiger partial charge >= 0.3 is 0 Å². The monoisotopic (exact) mass is 379 g/mol. The van der Waals surface area contributed by atoms with Crippen molar-refractivity contribution in [1.29, 1.82) is 0 Å². The normalized spacial score (nSPS) is 17.4. The molecule has 136 valence electrons. The summed E-state index contributed by atoms with van der Waals surface area (Å²) in [5.74, 6) is 0.808. The standard InChI is InChI=1S/C17H25N5OS2/c1-13-10-19-16(25-13)12-21-17(18-2)20-11-14(15-4-3-9-24-15)22-5-7-23-8-6-22/h3-4,9-10,14H,5-8,11-12H2,1-2H3,(H2,18,20,21). The fourth-order valence-corrected chi connectivity index (χ4v) is 4.42. The summed E-state index contributed by atoms with van der Waals surface area (Å²) in [6.45, 7) is 7.12. The zero-order chi connectivity index (χ0) is 17.5. The summed E-state index contributed by atoms with van der Waals surface area (Å²) in [4.78, 5) is 13.8. The predicted molar refractivity (Wildman–Crippen MR) is 105 cm³/mol. The third kappa shape index (κ3) is 5.24. The van der Waals surface area contributed by atoms with E-state index in [1.165, 1.54) is 9.75 Å². The number of rotatable bonds is 6. The predicted octanol–water partition coefficient (Wildman–Crippen LogP) is 2.25. The van der Waals surface area contributed by atoms with Gasteiger partial charge in [-0.25, -0.2) is 4.98 Å². The van der Waals surface area contributed by atoms with E-state index in [1.54, 1.807) is 29.7 Å². The van der Waals surface area contributed by atoms with Crippen LogP contribution in [0.15, 0.2) is 28.7 Å². The molecule has 0 saturated carbocycles. The molecule has 0 amide bonds. The Hall–Kier alpha value is -1.48. The van der Waals surface area contributed by atoms with Crippen molar-refractivity contribution in [3.05, 3.63) is 38.5 Å². The topological polar surface area (TPSA) is 61.8 Å². The molecule has 0 aromatic carbocycles. The van der Waals surface area contributed by atoms with E-state index in [4.69, 9.17) is 4.74 Å². The molecule has 1 fully saturated rings. The third-order valence-electron chi connectivity index (χ3n) is 4.12. The maximum Gasteiger partial charge on any atom is 0.191 e. The first-order valence-corrected chi connectivity index (χ1v) is 10.2. The van der Waals surface area contributed by atoms with Gasteiger partial charge in [0.2, 0.25) is 0 Å². The van der Waals surface area contributed by atoms with Crippen LogP contribution in [0.4, 0.5) is 0 Å². The van der Waals surface area contributed by atoms with Crippen LogP contribution in [-0.2, 0) is 11.3 Å². The number of hydrogen-bond acceptors (Lipinski definition) is 6. The number of guanidine groups is 1. The van der Waals surface area contributed by atoms with Gasteiger partial charge in [-0.15, -0.1) is 22.7 Å². The summed E-state index contributed by atoms with van der Waals surface area (Å²) >= 11 is 3.51. The average molecular weight is 380 g/mol. The summed E-state index contributed by atoms with van der Waals surface area (Å²) in [6, 6.07) is 4.66. The van der Waals surface area contributed by atoms with Crippen LogP contribution in [0.2, 0.25) is 0 Å². The molecule has 1 aliphatic heterocycles. The van der Waals surface area contributed by atoms with Crippen molar-refractivity contribution in [3.8, 4) is 0 Å². The number of aliphatic imine (C=N–C) groups is 1. The van der Waals surface area contributed by atoms with E-state index in [2.05, 4.69) is 49.9 Å². The first-order chi connectivity index (χ1) is 12.3. The molecule has 0 radical (unpaired) electrons. The summed E-state index contributed by atoms with van der Waals surface area (Å²) in [7, 11) is 1.80. The van der Waals surface area contributed by atoms with Gasteiger partial charge in [-0.05, 0) is 18.4 Å². The molecule has 3 rings (SSSR count). The number of thiazole rings is 1. The highest BCUT2D eigenvalue weighted by Gasteiger charge is 2.23. The molecule has 8 heteroatoms. The minimum atomic E-state index is 0.338. The molecule has 1 unspecified atom stereocenters. The van der Waals surface area contributed by atoms with Gasteiger partial charge in [0.05, 0.1) is 25.8 Å². The Bertz CT molecular complexity index is 664. The second kappa shape index (κ2) is 9.28. The first kappa shape index (κ1) is 18.3. The molecule has 2 aromatic rings. The summed E-state index contributed by atoms with van der Waals surface area (Å²) in [6.07, 6.45) is 1.91. The van der Waals surface area contributed by atoms with Gasteiger partial charge in [0.25, 0.3) is 0 Å². The Kier molecular flexibility index (Phi) is 6.80. The van der Waals surface area contributed by atoms with Crippen LogP contribution in [0.25, 0.3) is 0 Å². The van der Waals surface area contributed by atoms with Gasteiger partial charge in [-0.1, -0.05) is 6.07 Å². The van der Waals surface area contributed by atoms with Crippen LogP contribution in [0.5, 0.6) is 0 Å². The number of ether oxygens (including phenoxy) is 1. The number of thiophene rings is 1. The highest BCUT2D eigenvalue weighted by atomic mass is 32.1. The van der Waals surface area contributed by atoms with Crippen LogP contribution >= 0.6 is 22.7 Å². The average Bonchev–Trinajstić information content (AvgIpc) is 3.31. The molecule has 1 atom stereocenters. The fraction of sp³-hybridized carbons (Fsp3) is 0.529. The Balaban J connectivity index is 1.57. The van der Waals surface area contributed by atoms with Crippen LogP contribution < -0.4 is 10.6 Å². The van der Waals surface area contributed by atoms with E-state index in [0.29, 0.717) is 12.6 Å². The molecule has 2 N–H and O–H groups in total. The number of morpholine rings is 1. The Morgan fingerprint density at radius 3 is 2.88 bits per heavy atom. The lowest BCUT2D eigenvalue weighted by molar-refractivity contribution is 0.0177. The lowest BCUT2D eigenvalue weighted by Gasteiger charge is -2.34. The highest BCUT2D eigenvalue weighted by Crippen LogP contribution is 2.25.